The molecule has 5 nitrogen and oxygen atoms in total. The monoisotopic (exact) mass is 400 g/mol. The molecule has 0 unspecified atom stereocenters. The molecule has 2 aromatic carbocycles. The molecule has 2 aromatic rings. The van der Waals surface area contributed by atoms with Crippen LogP contribution in [-0.2, 0) is 20.9 Å². The largest absolute Gasteiger partial charge is 0.493 e. The van der Waals surface area contributed by atoms with Crippen molar-refractivity contribution in [1.82, 2.24) is 0 Å². The quantitative estimate of drug-likeness (QED) is 0.518. The third-order valence-corrected chi connectivity index (χ3v) is 4.43. The molecular formula is C24H32O5. The minimum Gasteiger partial charge on any atom is -0.493 e. The molecule has 0 aliphatic carbocycles. The Kier molecular flexibility index (Phi) is 8.52. The summed E-state index contributed by atoms with van der Waals surface area (Å²) < 4.78 is 22.2. The number of rotatable bonds is 10. The van der Waals surface area contributed by atoms with Crippen molar-refractivity contribution < 1.29 is 23.7 Å². The van der Waals surface area contributed by atoms with E-state index in [0.29, 0.717) is 37.6 Å². The molecule has 0 radical (unpaired) electrons. The van der Waals surface area contributed by atoms with Gasteiger partial charge in [0.2, 0.25) is 0 Å². The summed E-state index contributed by atoms with van der Waals surface area (Å²) in [5.41, 5.74) is 1.67. The second-order valence-corrected chi connectivity index (χ2v) is 7.94. The van der Waals surface area contributed by atoms with Gasteiger partial charge >= 0.3 is 5.97 Å². The van der Waals surface area contributed by atoms with Gasteiger partial charge in [0.05, 0.1) is 27.4 Å². The maximum atomic E-state index is 12.2. The van der Waals surface area contributed by atoms with Gasteiger partial charge in [-0.05, 0) is 50.5 Å². The van der Waals surface area contributed by atoms with E-state index in [1.54, 1.807) is 14.2 Å². The van der Waals surface area contributed by atoms with E-state index in [1.165, 1.54) is 0 Å². The lowest BCUT2D eigenvalue weighted by molar-refractivity contribution is -0.155. The molecule has 29 heavy (non-hydrogen) atoms. The Labute approximate surface area is 173 Å². The first-order valence-corrected chi connectivity index (χ1v) is 9.88. The summed E-state index contributed by atoms with van der Waals surface area (Å²) in [5.74, 6) is 1.17. The van der Waals surface area contributed by atoms with Crippen LogP contribution in [0.3, 0.4) is 0 Å². The van der Waals surface area contributed by atoms with E-state index >= 15 is 0 Å². The van der Waals surface area contributed by atoms with E-state index in [1.807, 2.05) is 69.3 Å². The summed E-state index contributed by atoms with van der Waals surface area (Å²) in [6, 6.07) is 15.9. The van der Waals surface area contributed by atoms with Crippen LogP contribution in [0.15, 0.2) is 48.5 Å². The van der Waals surface area contributed by atoms with Crippen LogP contribution in [-0.4, -0.2) is 32.4 Å². The first kappa shape index (κ1) is 22.8. The van der Waals surface area contributed by atoms with Crippen molar-refractivity contribution in [3.8, 4) is 11.5 Å². The van der Waals surface area contributed by atoms with E-state index < -0.39 is 5.60 Å². The highest BCUT2D eigenvalue weighted by atomic mass is 16.6. The number of carbonyl (C=O) groups is 1. The van der Waals surface area contributed by atoms with Gasteiger partial charge in [-0.2, -0.15) is 0 Å². The van der Waals surface area contributed by atoms with Crippen LogP contribution in [0.4, 0.5) is 0 Å². The second kappa shape index (κ2) is 10.9. The van der Waals surface area contributed by atoms with Gasteiger partial charge < -0.3 is 18.9 Å². The van der Waals surface area contributed by atoms with Gasteiger partial charge in [0, 0.05) is 12.3 Å². The number of carbonyl (C=O) groups excluding carboxylic acids is 1. The molecule has 5 heteroatoms. The van der Waals surface area contributed by atoms with Crippen molar-refractivity contribution in [3.05, 3.63) is 59.7 Å². The molecule has 0 aliphatic rings. The van der Waals surface area contributed by atoms with Crippen molar-refractivity contribution in [2.45, 2.75) is 51.7 Å². The van der Waals surface area contributed by atoms with Crippen molar-refractivity contribution in [3.63, 3.8) is 0 Å². The minimum atomic E-state index is -0.486. The summed E-state index contributed by atoms with van der Waals surface area (Å²) in [6.07, 6.45) is 0.949. The standard InChI is InChI=1S/C24H32O5/c1-24(2,3)29-23(25)14-12-20(17-28-16-18-9-7-6-8-10-18)19-11-13-21(26-4)22(15-19)27-5/h6-11,13,15,20H,12,14,16-17H2,1-5H3/t20-/m1/s1. The van der Waals surface area contributed by atoms with Gasteiger partial charge in [-0.15, -0.1) is 0 Å². The summed E-state index contributed by atoms with van der Waals surface area (Å²) in [6.45, 7) is 6.64. The Morgan fingerprint density at radius 2 is 1.66 bits per heavy atom. The van der Waals surface area contributed by atoms with Crippen molar-refractivity contribution in [2.75, 3.05) is 20.8 Å². The molecule has 0 aromatic heterocycles. The van der Waals surface area contributed by atoms with Crippen molar-refractivity contribution >= 4 is 5.97 Å². The highest BCUT2D eigenvalue weighted by molar-refractivity contribution is 5.69. The molecule has 0 spiro atoms. The lowest BCUT2D eigenvalue weighted by Crippen LogP contribution is -2.24. The van der Waals surface area contributed by atoms with Crippen LogP contribution in [0, 0.1) is 0 Å². The zero-order valence-corrected chi connectivity index (χ0v) is 18.1. The summed E-state index contributed by atoms with van der Waals surface area (Å²) in [7, 11) is 3.23. The number of hydrogen-bond acceptors (Lipinski definition) is 5. The van der Waals surface area contributed by atoms with Crippen LogP contribution < -0.4 is 9.47 Å². The molecular weight excluding hydrogens is 368 g/mol. The van der Waals surface area contributed by atoms with Crippen LogP contribution >= 0.6 is 0 Å². The average Bonchev–Trinajstić information content (AvgIpc) is 2.69. The molecule has 0 fully saturated rings. The smallest absolute Gasteiger partial charge is 0.306 e. The summed E-state index contributed by atoms with van der Waals surface area (Å²) >= 11 is 0. The molecule has 0 amide bonds. The van der Waals surface area contributed by atoms with Gasteiger partial charge in [-0.1, -0.05) is 36.4 Å². The van der Waals surface area contributed by atoms with Crippen LogP contribution in [0.2, 0.25) is 0 Å². The number of hydrogen-bond donors (Lipinski definition) is 0. The predicted octanol–water partition coefficient (Wildman–Crippen LogP) is 5.13. The number of methoxy groups -OCH3 is 2. The van der Waals surface area contributed by atoms with E-state index in [-0.39, 0.29) is 11.9 Å². The van der Waals surface area contributed by atoms with Crippen LogP contribution in [0.1, 0.15) is 50.7 Å². The molecule has 0 saturated heterocycles. The lowest BCUT2D eigenvalue weighted by Gasteiger charge is -2.22. The molecule has 2 rings (SSSR count). The normalized spacial score (nSPS) is 12.3. The van der Waals surface area contributed by atoms with Gasteiger partial charge in [0.1, 0.15) is 5.60 Å². The van der Waals surface area contributed by atoms with Gasteiger partial charge in [0.25, 0.3) is 0 Å². The zero-order chi connectivity index (χ0) is 21.3. The molecule has 1 atom stereocenters. The third-order valence-electron chi connectivity index (χ3n) is 4.43. The lowest BCUT2D eigenvalue weighted by atomic mass is 9.94. The average molecular weight is 401 g/mol. The van der Waals surface area contributed by atoms with E-state index in [9.17, 15) is 4.79 Å². The fraction of sp³-hybridized carbons (Fsp3) is 0.458. The Bertz CT molecular complexity index is 765. The highest BCUT2D eigenvalue weighted by Crippen LogP contribution is 2.32. The molecule has 158 valence electrons. The molecule has 0 N–H and O–H groups in total. The first-order valence-electron chi connectivity index (χ1n) is 9.88. The van der Waals surface area contributed by atoms with Crippen molar-refractivity contribution in [2.24, 2.45) is 0 Å². The topological polar surface area (TPSA) is 54.0 Å². The van der Waals surface area contributed by atoms with Crippen molar-refractivity contribution in [1.29, 1.82) is 0 Å². The SMILES string of the molecule is COc1ccc([C@H](CCC(=O)OC(C)(C)C)COCc2ccccc2)cc1OC. The van der Waals surface area contributed by atoms with E-state index in [4.69, 9.17) is 18.9 Å². The second-order valence-electron chi connectivity index (χ2n) is 7.94. The maximum Gasteiger partial charge on any atom is 0.306 e. The number of ether oxygens (including phenoxy) is 4. The van der Waals surface area contributed by atoms with Gasteiger partial charge in [-0.3, -0.25) is 4.79 Å². The van der Waals surface area contributed by atoms with Gasteiger partial charge in [-0.25, -0.2) is 0 Å². The van der Waals surface area contributed by atoms with Crippen LogP contribution in [0.25, 0.3) is 0 Å². The Morgan fingerprint density at radius 1 is 0.966 bits per heavy atom. The molecule has 0 bridgehead atoms. The molecule has 0 aliphatic heterocycles. The number of benzene rings is 2. The third kappa shape index (κ3) is 7.78. The highest BCUT2D eigenvalue weighted by Gasteiger charge is 2.20. The maximum absolute atomic E-state index is 12.2. The first-order chi connectivity index (χ1) is 13.8. The summed E-state index contributed by atoms with van der Waals surface area (Å²) in [5, 5.41) is 0. The number of esters is 1. The molecule has 0 heterocycles. The van der Waals surface area contributed by atoms with Crippen LogP contribution in [0.5, 0.6) is 11.5 Å². The fourth-order valence-corrected chi connectivity index (χ4v) is 3.03. The Hall–Kier alpha value is -2.53. The van der Waals surface area contributed by atoms with E-state index in [2.05, 4.69) is 0 Å². The zero-order valence-electron chi connectivity index (χ0n) is 18.1. The molecule has 0 saturated carbocycles. The summed E-state index contributed by atoms with van der Waals surface area (Å²) in [4.78, 5) is 12.2. The predicted molar refractivity (Wildman–Crippen MR) is 113 cm³/mol. The fourth-order valence-electron chi connectivity index (χ4n) is 3.03. The van der Waals surface area contributed by atoms with Gasteiger partial charge in [0.15, 0.2) is 11.5 Å². The van der Waals surface area contributed by atoms with E-state index in [0.717, 1.165) is 11.1 Å². The Morgan fingerprint density at radius 3 is 2.28 bits per heavy atom. The Balaban J connectivity index is 2.08. The minimum absolute atomic E-state index is 0.0334.